The molecule has 0 heterocycles. The zero-order valence-electron chi connectivity index (χ0n) is 18.9. The van der Waals surface area contributed by atoms with Gasteiger partial charge in [-0.05, 0) is 98.0 Å². The molecule has 7 heteroatoms. The topological polar surface area (TPSA) is 85.0 Å². The predicted octanol–water partition coefficient (Wildman–Crippen LogP) is 6.11. The average molecular weight is 505 g/mol. The third kappa shape index (κ3) is 3.51. The fraction of sp³-hybridized carbons (Fsp3) is 0.720. The highest BCUT2D eigenvalue weighted by Crippen LogP contribution is 2.66. The van der Waals surface area contributed by atoms with E-state index in [1.165, 1.54) is 37.8 Å². The first-order chi connectivity index (χ1) is 15.2. The molecule has 8 atom stereocenters. The third-order valence-electron chi connectivity index (χ3n) is 9.77. The molecule has 174 valence electrons. The number of alkyl halides is 1. The molecule has 1 aromatic carbocycles. The predicted molar refractivity (Wildman–Crippen MR) is 127 cm³/mol. The first kappa shape index (κ1) is 22.3. The van der Waals surface area contributed by atoms with E-state index < -0.39 is 4.92 Å². The summed E-state index contributed by atoms with van der Waals surface area (Å²) in [4.78, 5) is 16.3. The maximum Gasteiger partial charge on any atom is 0.269 e. The molecule has 0 spiro atoms. The van der Waals surface area contributed by atoms with Crippen LogP contribution in [0.15, 0.2) is 29.4 Å². The van der Waals surface area contributed by atoms with Crippen molar-refractivity contribution in [3.05, 3.63) is 34.4 Å². The van der Waals surface area contributed by atoms with Gasteiger partial charge in [0.05, 0.1) is 21.6 Å². The number of nitro benzene ring substituents is 1. The fourth-order valence-corrected chi connectivity index (χ4v) is 8.85. The molecule has 0 aromatic heterocycles. The molecule has 0 radical (unpaired) electrons. The lowest BCUT2D eigenvalue weighted by molar-refractivity contribution is -0.384. The van der Waals surface area contributed by atoms with E-state index >= 15 is 0 Å². The summed E-state index contributed by atoms with van der Waals surface area (Å²) in [6.07, 6.45) is 8.91. The molecule has 5 rings (SSSR count). The van der Waals surface area contributed by atoms with E-state index in [4.69, 9.17) is 4.84 Å². The molecule has 6 nitrogen and oxygen atoms in total. The summed E-state index contributed by atoms with van der Waals surface area (Å²) in [7, 11) is 0. The van der Waals surface area contributed by atoms with Gasteiger partial charge in [0.2, 0.25) is 0 Å². The minimum Gasteiger partial charge on any atom is -0.393 e. The van der Waals surface area contributed by atoms with Gasteiger partial charge in [0.25, 0.3) is 5.69 Å². The molecule has 4 aliphatic carbocycles. The standard InChI is InChI=1S/C25H33BrN2O4/c1-24-12-11-20-18(19(24)9-10-23(24)29)8-3-15-13-22(21(26)14-25(15,20)2)27-32-17-6-4-16(5-7-17)28(30)31/h4-7,15,18-21,23,29H,3,8-14H2,1-2H3/b27-22+/t15-,18-,19-,20-,21+,23-,24-,25-/m0/s1. The summed E-state index contributed by atoms with van der Waals surface area (Å²) in [6.45, 7) is 4.85. The van der Waals surface area contributed by atoms with Gasteiger partial charge in [-0.15, -0.1) is 0 Å². The van der Waals surface area contributed by atoms with Gasteiger partial charge in [0.1, 0.15) is 0 Å². The van der Waals surface area contributed by atoms with Crippen molar-refractivity contribution in [1.29, 1.82) is 0 Å². The Morgan fingerprint density at radius 3 is 2.53 bits per heavy atom. The van der Waals surface area contributed by atoms with Crippen molar-refractivity contribution in [2.45, 2.75) is 76.1 Å². The largest absolute Gasteiger partial charge is 0.393 e. The highest BCUT2D eigenvalue weighted by atomic mass is 79.9. The SMILES string of the molecule is C[C@]12C[C@@H](Br)/C(=N/Oc3ccc([N+](=O)[O-])cc3)C[C@@H]1CC[C@@H]1[C@@H]2CC[C@]2(C)[C@@H](O)CC[C@@H]12. The van der Waals surface area contributed by atoms with Crippen LogP contribution in [0.5, 0.6) is 5.75 Å². The fourth-order valence-electron chi connectivity index (χ4n) is 7.88. The molecule has 0 aliphatic heterocycles. The van der Waals surface area contributed by atoms with Crippen LogP contribution in [-0.2, 0) is 0 Å². The van der Waals surface area contributed by atoms with Crippen LogP contribution in [0.4, 0.5) is 5.69 Å². The van der Waals surface area contributed by atoms with Crippen molar-refractivity contribution in [2.75, 3.05) is 0 Å². The van der Waals surface area contributed by atoms with E-state index in [9.17, 15) is 15.2 Å². The number of nitrogens with zero attached hydrogens (tertiary/aromatic N) is 2. The lowest BCUT2D eigenvalue weighted by Crippen LogP contribution is -2.55. The second-order valence-corrected chi connectivity index (χ2v) is 12.2. The van der Waals surface area contributed by atoms with Gasteiger partial charge in [-0.1, -0.05) is 34.9 Å². The Morgan fingerprint density at radius 1 is 1.09 bits per heavy atom. The van der Waals surface area contributed by atoms with E-state index in [-0.39, 0.29) is 22.0 Å². The summed E-state index contributed by atoms with van der Waals surface area (Å²) < 4.78 is 0. The van der Waals surface area contributed by atoms with Gasteiger partial charge in [0, 0.05) is 12.1 Å². The maximum absolute atomic E-state index is 10.8. The number of hydrogen-bond acceptors (Lipinski definition) is 5. The monoisotopic (exact) mass is 504 g/mol. The molecule has 0 amide bonds. The van der Waals surface area contributed by atoms with Gasteiger partial charge in [-0.2, -0.15) is 0 Å². The molecule has 32 heavy (non-hydrogen) atoms. The Balaban J connectivity index is 1.31. The number of halogens is 1. The Kier molecular flexibility index (Phi) is 5.64. The summed E-state index contributed by atoms with van der Waals surface area (Å²) in [5.41, 5.74) is 1.50. The number of rotatable bonds is 3. The van der Waals surface area contributed by atoms with Crippen molar-refractivity contribution < 1.29 is 14.9 Å². The van der Waals surface area contributed by atoms with Crippen molar-refractivity contribution in [1.82, 2.24) is 0 Å². The zero-order chi connectivity index (χ0) is 22.7. The van der Waals surface area contributed by atoms with Gasteiger partial charge in [-0.3, -0.25) is 10.1 Å². The number of aliphatic hydroxyl groups is 1. The number of hydrogen-bond donors (Lipinski definition) is 1. The molecule has 4 fully saturated rings. The summed E-state index contributed by atoms with van der Waals surface area (Å²) >= 11 is 3.91. The summed E-state index contributed by atoms with van der Waals surface area (Å²) in [5.74, 6) is 3.26. The molecule has 0 unspecified atom stereocenters. The first-order valence-corrected chi connectivity index (χ1v) is 12.9. The van der Waals surface area contributed by atoms with Crippen molar-refractivity contribution in [2.24, 2.45) is 39.7 Å². The third-order valence-corrected chi connectivity index (χ3v) is 10.6. The van der Waals surface area contributed by atoms with Gasteiger partial charge < -0.3 is 9.94 Å². The van der Waals surface area contributed by atoms with Crippen molar-refractivity contribution in [3.8, 4) is 5.75 Å². The lowest BCUT2D eigenvalue weighted by Gasteiger charge is -2.60. The number of fused-ring (bicyclic) bond motifs is 5. The molecule has 0 saturated heterocycles. The normalized spacial score (nSPS) is 44.4. The Morgan fingerprint density at radius 2 is 1.81 bits per heavy atom. The number of nitro groups is 1. The second kappa shape index (κ2) is 8.08. The van der Waals surface area contributed by atoms with Gasteiger partial charge >= 0.3 is 0 Å². The van der Waals surface area contributed by atoms with Gasteiger partial charge in [-0.25, -0.2) is 0 Å². The first-order valence-electron chi connectivity index (χ1n) is 12.0. The Bertz CT molecular complexity index is 921. The van der Waals surface area contributed by atoms with Crippen molar-refractivity contribution >= 4 is 27.3 Å². The van der Waals surface area contributed by atoms with Crippen LogP contribution in [0.1, 0.15) is 65.2 Å². The van der Waals surface area contributed by atoms with E-state index in [2.05, 4.69) is 34.9 Å². The van der Waals surface area contributed by atoms with Crippen LogP contribution < -0.4 is 4.84 Å². The molecule has 1 aromatic rings. The summed E-state index contributed by atoms with van der Waals surface area (Å²) in [6, 6.07) is 6.07. The van der Waals surface area contributed by atoms with Crippen molar-refractivity contribution in [3.63, 3.8) is 0 Å². The maximum atomic E-state index is 10.8. The average Bonchev–Trinajstić information content (AvgIpc) is 3.07. The van der Waals surface area contributed by atoms with Crippen LogP contribution >= 0.6 is 15.9 Å². The summed E-state index contributed by atoms with van der Waals surface area (Å²) in [5, 5.41) is 26.0. The van der Waals surface area contributed by atoms with Crippen LogP contribution in [0.3, 0.4) is 0 Å². The van der Waals surface area contributed by atoms with E-state index in [0.717, 1.165) is 43.2 Å². The Hall–Kier alpha value is -1.47. The number of oxime groups is 1. The number of non-ortho nitro benzene ring substituents is 1. The van der Waals surface area contributed by atoms with Gasteiger partial charge in [0.15, 0.2) is 5.75 Å². The quantitative estimate of drug-likeness (QED) is 0.305. The molecular formula is C25H33BrN2O4. The minimum absolute atomic E-state index is 0.0481. The van der Waals surface area contributed by atoms with E-state index in [0.29, 0.717) is 23.0 Å². The number of benzene rings is 1. The molecule has 1 N–H and O–H groups in total. The van der Waals surface area contributed by atoms with Crippen LogP contribution in [0.2, 0.25) is 0 Å². The second-order valence-electron chi connectivity index (χ2n) is 11.1. The molecule has 4 aliphatic rings. The zero-order valence-corrected chi connectivity index (χ0v) is 20.5. The minimum atomic E-state index is -0.414. The van der Waals surface area contributed by atoms with Crippen LogP contribution in [-0.4, -0.2) is 26.7 Å². The van der Waals surface area contributed by atoms with E-state index in [1.807, 2.05) is 0 Å². The smallest absolute Gasteiger partial charge is 0.269 e. The highest BCUT2D eigenvalue weighted by Gasteiger charge is 2.60. The Labute approximate surface area is 198 Å². The number of aliphatic hydroxyl groups excluding tert-OH is 1. The molecule has 4 saturated carbocycles. The van der Waals surface area contributed by atoms with Crippen LogP contribution in [0.25, 0.3) is 0 Å². The van der Waals surface area contributed by atoms with E-state index in [1.54, 1.807) is 12.1 Å². The molecule has 0 bridgehead atoms. The van der Waals surface area contributed by atoms with Crippen LogP contribution in [0, 0.1) is 44.6 Å². The molecular weight excluding hydrogens is 472 g/mol. The highest BCUT2D eigenvalue weighted by molar-refractivity contribution is 9.10. The lowest BCUT2D eigenvalue weighted by atomic mass is 9.45.